The van der Waals surface area contributed by atoms with Gasteiger partial charge in [0.15, 0.2) is 11.5 Å². The Labute approximate surface area is 119 Å². The quantitative estimate of drug-likeness (QED) is 0.705. The molecule has 1 rings (SSSR count). The summed E-state index contributed by atoms with van der Waals surface area (Å²) in [6, 6.07) is 3.50. The second kappa shape index (κ2) is 7.99. The van der Waals surface area contributed by atoms with Crippen LogP contribution in [0.1, 0.15) is 31.4 Å². The summed E-state index contributed by atoms with van der Waals surface area (Å²) in [5, 5.41) is 18.1. The van der Waals surface area contributed by atoms with Gasteiger partial charge in [-0.15, -0.1) is 0 Å². The van der Waals surface area contributed by atoms with Crippen molar-refractivity contribution in [1.82, 2.24) is 0 Å². The molecule has 0 fully saturated rings. The van der Waals surface area contributed by atoms with Crippen LogP contribution in [0.5, 0.6) is 17.2 Å². The Morgan fingerprint density at radius 1 is 1.05 bits per heavy atom. The van der Waals surface area contributed by atoms with Gasteiger partial charge in [-0.1, -0.05) is 13.3 Å². The topological polar surface area (TPSA) is 77.4 Å². The highest BCUT2D eigenvalue weighted by Crippen LogP contribution is 2.43. The summed E-state index contributed by atoms with van der Waals surface area (Å²) >= 11 is 0. The van der Waals surface area contributed by atoms with E-state index in [2.05, 4.69) is 0 Å². The normalized spacial score (nSPS) is 11.9. The van der Waals surface area contributed by atoms with E-state index in [-0.39, 0.29) is 0 Å². The van der Waals surface area contributed by atoms with Gasteiger partial charge in [0.1, 0.15) is 0 Å². The summed E-state index contributed by atoms with van der Waals surface area (Å²) in [4.78, 5) is 0. The maximum atomic E-state index is 9.04. The van der Waals surface area contributed by atoms with Crippen LogP contribution in [-0.4, -0.2) is 38.7 Å². The summed E-state index contributed by atoms with van der Waals surface area (Å²) < 4.78 is 21.0. The first-order valence-electron chi connectivity index (χ1n) is 6.39. The van der Waals surface area contributed by atoms with Crippen LogP contribution in [0.4, 0.5) is 0 Å². The fourth-order valence-corrected chi connectivity index (χ4v) is 2.08. The van der Waals surface area contributed by atoms with E-state index in [1.807, 2.05) is 6.92 Å². The number of hydrogen-bond acceptors (Lipinski definition) is 6. The highest BCUT2D eigenvalue weighted by molar-refractivity contribution is 6.32. The van der Waals surface area contributed by atoms with Crippen molar-refractivity contribution in [2.24, 2.45) is 0 Å². The lowest BCUT2D eigenvalue weighted by Crippen LogP contribution is -2.21. The molecular formula is C13H21BO6. The highest BCUT2D eigenvalue weighted by Gasteiger charge is 2.25. The van der Waals surface area contributed by atoms with Crippen LogP contribution in [0.3, 0.4) is 0 Å². The Balaban J connectivity index is 3.26. The molecule has 1 aromatic rings. The van der Waals surface area contributed by atoms with E-state index in [1.54, 1.807) is 12.1 Å². The van der Waals surface area contributed by atoms with Gasteiger partial charge in [0.05, 0.1) is 27.4 Å². The van der Waals surface area contributed by atoms with E-state index in [0.29, 0.717) is 29.2 Å². The maximum absolute atomic E-state index is 9.04. The zero-order chi connectivity index (χ0) is 15.1. The van der Waals surface area contributed by atoms with Gasteiger partial charge in [0.25, 0.3) is 0 Å². The van der Waals surface area contributed by atoms with Crippen LogP contribution >= 0.6 is 0 Å². The Bertz CT molecular complexity index is 424. The molecule has 2 N–H and O–H groups in total. The van der Waals surface area contributed by atoms with Crippen molar-refractivity contribution < 1.29 is 28.9 Å². The summed E-state index contributed by atoms with van der Waals surface area (Å²) in [6.45, 7) is 1.98. The predicted molar refractivity (Wildman–Crippen MR) is 75.0 cm³/mol. The van der Waals surface area contributed by atoms with E-state index in [0.717, 1.165) is 6.42 Å². The average molecular weight is 284 g/mol. The van der Waals surface area contributed by atoms with Crippen molar-refractivity contribution >= 4 is 7.32 Å². The second-order valence-electron chi connectivity index (χ2n) is 4.16. The van der Waals surface area contributed by atoms with Crippen molar-refractivity contribution in [3.8, 4) is 17.2 Å². The Hall–Kier alpha value is -1.44. The summed E-state index contributed by atoms with van der Waals surface area (Å²) in [5.41, 5.74) is 0.681. The lowest BCUT2D eigenvalue weighted by atomic mass is 10.0. The van der Waals surface area contributed by atoms with Crippen molar-refractivity contribution in [2.75, 3.05) is 21.3 Å². The zero-order valence-electron chi connectivity index (χ0n) is 12.3. The fraction of sp³-hybridized carbons (Fsp3) is 0.538. The van der Waals surface area contributed by atoms with E-state index in [1.165, 1.54) is 21.3 Å². The molecule has 0 amide bonds. The first-order chi connectivity index (χ1) is 9.58. The van der Waals surface area contributed by atoms with Gasteiger partial charge in [0.2, 0.25) is 5.75 Å². The zero-order valence-corrected chi connectivity index (χ0v) is 12.3. The maximum Gasteiger partial charge on any atom is 0.634 e. The fourth-order valence-electron chi connectivity index (χ4n) is 2.08. The molecule has 0 radical (unpaired) electrons. The number of hydrogen-bond donors (Lipinski definition) is 2. The molecule has 0 heterocycles. The van der Waals surface area contributed by atoms with Crippen LogP contribution in [0, 0.1) is 0 Å². The molecule has 6 nitrogen and oxygen atoms in total. The van der Waals surface area contributed by atoms with Gasteiger partial charge in [-0.2, -0.15) is 0 Å². The summed E-state index contributed by atoms with van der Waals surface area (Å²) in [6.07, 6.45) is 0.924. The smallest absolute Gasteiger partial charge is 0.493 e. The molecule has 0 bridgehead atoms. The molecule has 0 spiro atoms. The molecule has 1 unspecified atom stereocenters. The molecule has 0 aromatic heterocycles. The average Bonchev–Trinajstić information content (AvgIpc) is 2.44. The van der Waals surface area contributed by atoms with Crippen molar-refractivity contribution in [3.63, 3.8) is 0 Å². The molecule has 0 aliphatic heterocycles. The number of methoxy groups -OCH3 is 3. The van der Waals surface area contributed by atoms with Crippen LogP contribution < -0.4 is 14.2 Å². The predicted octanol–water partition coefficient (Wildman–Crippen LogP) is 1.54. The van der Waals surface area contributed by atoms with E-state index >= 15 is 0 Å². The third-order valence-electron chi connectivity index (χ3n) is 2.92. The van der Waals surface area contributed by atoms with E-state index < -0.39 is 13.4 Å². The first kappa shape index (κ1) is 16.6. The molecule has 1 atom stereocenters. The molecule has 0 aliphatic carbocycles. The van der Waals surface area contributed by atoms with E-state index in [9.17, 15) is 0 Å². The van der Waals surface area contributed by atoms with Crippen LogP contribution in [0.25, 0.3) is 0 Å². The van der Waals surface area contributed by atoms with Crippen molar-refractivity contribution in [2.45, 2.75) is 25.9 Å². The lowest BCUT2D eigenvalue weighted by molar-refractivity contribution is 0.109. The molecular weight excluding hydrogens is 263 g/mol. The molecule has 1 aromatic carbocycles. The first-order valence-corrected chi connectivity index (χ1v) is 6.39. The van der Waals surface area contributed by atoms with Crippen molar-refractivity contribution in [1.29, 1.82) is 0 Å². The second-order valence-corrected chi connectivity index (χ2v) is 4.16. The van der Waals surface area contributed by atoms with Gasteiger partial charge in [-0.05, 0) is 18.6 Å². The Kier molecular flexibility index (Phi) is 6.64. The largest absolute Gasteiger partial charge is 0.634 e. The number of ether oxygens (including phenoxy) is 3. The SMILES string of the molecule is CCCC(OB(O)O)c1ccc(OC)c(OC)c1OC. The minimum Gasteiger partial charge on any atom is -0.493 e. The van der Waals surface area contributed by atoms with Gasteiger partial charge >= 0.3 is 7.32 Å². The molecule has 0 saturated heterocycles. The molecule has 20 heavy (non-hydrogen) atoms. The molecule has 7 heteroatoms. The van der Waals surface area contributed by atoms with Gasteiger partial charge in [-0.3, -0.25) is 0 Å². The molecule has 0 aliphatic rings. The summed E-state index contributed by atoms with van der Waals surface area (Å²) in [5.74, 6) is 1.45. The summed E-state index contributed by atoms with van der Waals surface area (Å²) in [7, 11) is 2.72. The monoisotopic (exact) mass is 284 g/mol. The molecule has 0 saturated carbocycles. The third-order valence-corrected chi connectivity index (χ3v) is 2.92. The number of rotatable bonds is 8. The Morgan fingerprint density at radius 3 is 2.15 bits per heavy atom. The minimum atomic E-state index is -1.84. The standard InChI is InChI=1S/C13H21BO6/c1-5-6-10(20-14(15)16)9-7-8-11(17-2)13(19-4)12(9)18-3/h7-8,10,15-16H,5-6H2,1-4H3. The number of benzene rings is 1. The van der Waals surface area contributed by atoms with Crippen LogP contribution in [0.2, 0.25) is 0 Å². The van der Waals surface area contributed by atoms with Crippen LogP contribution in [-0.2, 0) is 4.65 Å². The van der Waals surface area contributed by atoms with Gasteiger partial charge in [0, 0.05) is 5.56 Å². The Morgan fingerprint density at radius 2 is 1.70 bits per heavy atom. The third kappa shape index (κ3) is 3.78. The van der Waals surface area contributed by atoms with Crippen molar-refractivity contribution in [3.05, 3.63) is 17.7 Å². The molecule has 112 valence electrons. The minimum absolute atomic E-state index is 0.449. The van der Waals surface area contributed by atoms with E-state index in [4.69, 9.17) is 28.9 Å². The van der Waals surface area contributed by atoms with Gasteiger partial charge < -0.3 is 28.9 Å². The highest BCUT2D eigenvalue weighted by atomic mass is 16.6. The lowest BCUT2D eigenvalue weighted by Gasteiger charge is -2.22. The van der Waals surface area contributed by atoms with Crippen LogP contribution in [0.15, 0.2) is 12.1 Å². The van der Waals surface area contributed by atoms with Gasteiger partial charge in [-0.25, -0.2) is 0 Å².